The summed E-state index contributed by atoms with van der Waals surface area (Å²) in [6.07, 6.45) is 0. The van der Waals surface area contributed by atoms with Gasteiger partial charge in [0.15, 0.2) is 0 Å². The monoisotopic (exact) mass is 270 g/mol. The van der Waals surface area contributed by atoms with Crippen LogP contribution >= 0.6 is 22.6 Å². The van der Waals surface area contributed by atoms with Crippen LogP contribution in [0.1, 0.15) is 5.56 Å². The maximum Gasteiger partial charge on any atom is 0.0991 e. The zero-order chi connectivity index (χ0) is 8.97. The number of rotatable bonds is 1. The smallest absolute Gasteiger partial charge is 0.0991 e. The lowest BCUT2D eigenvalue weighted by molar-refractivity contribution is 1.42. The van der Waals surface area contributed by atoms with Crippen molar-refractivity contribution in [2.24, 2.45) is 5.11 Å². The molecule has 4 nitrogen and oxygen atoms in total. The predicted octanol–water partition coefficient (Wildman–Crippen LogP) is 3.10. The lowest BCUT2D eigenvalue weighted by Gasteiger charge is -1.95. The summed E-state index contributed by atoms with van der Waals surface area (Å²) in [5.74, 6) is 0. The molecular formula is C7H3IN4. The fourth-order valence-corrected chi connectivity index (χ4v) is 1.33. The van der Waals surface area contributed by atoms with Gasteiger partial charge in [0.1, 0.15) is 0 Å². The van der Waals surface area contributed by atoms with Crippen molar-refractivity contribution < 1.29 is 0 Å². The second kappa shape index (κ2) is 3.95. The van der Waals surface area contributed by atoms with Gasteiger partial charge in [0.05, 0.1) is 17.3 Å². The van der Waals surface area contributed by atoms with Crippen LogP contribution in [0.4, 0.5) is 5.69 Å². The fraction of sp³-hybridized carbons (Fsp3) is 0. The van der Waals surface area contributed by atoms with Crippen molar-refractivity contribution >= 4 is 28.3 Å². The molecule has 0 saturated carbocycles. The normalized spacial score (nSPS) is 8.33. The van der Waals surface area contributed by atoms with E-state index in [0.29, 0.717) is 11.3 Å². The first-order valence-electron chi connectivity index (χ1n) is 3.02. The zero-order valence-electron chi connectivity index (χ0n) is 5.90. The molecule has 0 atom stereocenters. The van der Waals surface area contributed by atoms with Crippen LogP contribution in [0.5, 0.6) is 0 Å². The van der Waals surface area contributed by atoms with Gasteiger partial charge in [0.25, 0.3) is 0 Å². The molecule has 0 radical (unpaired) electrons. The van der Waals surface area contributed by atoms with Crippen molar-refractivity contribution in [2.45, 2.75) is 0 Å². The molecule has 1 rings (SSSR count). The van der Waals surface area contributed by atoms with E-state index in [1.165, 1.54) is 0 Å². The summed E-state index contributed by atoms with van der Waals surface area (Å²) in [6.45, 7) is 0. The zero-order valence-corrected chi connectivity index (χ0v) is 8.06. The Morgan fingerprint density at radius 1 is 1.58 bits per heavy atom. The molecule has 1 aromatic rings. The molecule has 0 amide bonds. The van der Waals surface area contributed by atoms with Crippen LogP contribution < -0.4 is 0 Å². The van der Waals surface area contributed by atoms with E-state index >= 15 is 0 Å². The third-order valence-electron chi connectivity index (χ3n) is 1.23. The standard InChI is InChI=1S/C7H3IN4/c8-6-3-5(4-9)1-2-7(6)11-12-10/h1-3H. The summed E-state index contributed by atoms with van der Waals surface area (Å²) in [5, 5.41) is 12.0. The molecule has 0 bridgehead atoms. The van der Waals surface area contributed by atoms with E-state index in [1.54, 1.807) is 18.2 Å². The third-order valence-corrected chi connectivity index (χ3v) is 2.09. The maximum atomic E-state index is 8.53. The first-order valence-corrected chi connectivity index (χ1v) is 4.10. The molecular weight excluding hydrogens is 267 g/mol. The van der Waals surface area contributed by atoms with Crippen molar-refractivity contribution in [1.29, 1.82) is 5.26 Å². The SMILES string of the molecule is N#Cc1ccc(N=[N+]=[N-])c(I)c1. The highest BCUT2D eigenvalue weighted by Gasteiger charge is 1.97. The van der Waals surface area contributed by atoms with Gasteiger partial charge in [-0.2, -0.15) is 5.26 Å². The van der Waals surface area contributed by atoms with Crippen LogP contribution in [-0.4, -0.2) is 0 Å². The van der Waals surface area contributed by atoms with Crippen LogP contribution in [0.15, 0.2) is 23.3 Å². The minimum Gasteiger partial charge on any atom is -0.192 e. The topological polar surface area (TPSA) is 72.5 Å². The van der Waals surface area contributed by atoms with Crippen LogP contribution in [0.2, 0.25) is 0 Å². The number of hydrogen-bond donors (Lipinski definition) is 0. The van der Waals surface area contributed by atoms with Crippen molar-refractivity contribution in [2.75, 3.05) is 0 Å². The second-order valence-electron chi connectivity index (χ2n) is 1.97. The highest BCUT2D eigenvalue weighted by Crippen LogP contribution is 2.22. The molecule has 0 aliphatic heterocycles. The summed E-state index contributed by atoms with van der Waals surface area (Å²) >= 11 is 2.02. The van der Waals surface area contributed by atoms with Gasteiger partial charge in [-0.15, -0.1) is 0 Å². The Morgan fingerprint density at radius 3 is 2.83 bits per heavy atom. The van der Waals surface area contributed by atoms with Crippen molar-refractivity contribution in [3.8, 4) is 6.07 Å². The molecule has 58 valence electrons. The van der Waals surface area contributed by atoms with E-state index in [0.717, 1.165) is 3.57 Å². The highest BCUT2D eigenvalue weighted by molar-refractivity contribution is 14.1. The summed E-state index contributed by atoms with van der Waals surface area (Å²) in [5.41, 5.74) is 9.28. The van der Waals surface area contributed by atoms with Gasteiger partial charge >= 0.3 is 0 Å². The minimum absolute atomic E-state index is 0.553. The molecule has 0 fully saturated rings. The van der Waals surface area contributed by atoms with Crippen LogP contribution in [0, 0.1) is 14.9 Å². The number of azide groups is 1. The van der Waals surface area contributed by atoms with E-state index in [9.17, 15) is 0 Å². The molecule has 0 unspecified atom stereocenters. The minimum atomic E-state index is 0.553. The molecule has 0 N–H and O–H groups in total. The van der Waals surface area contributed by atoms with Gasteiger partial charge in [0, 0.05) is 8.48 Å². The quantitative estimate of drug-likeness (QED) is 0.334. The second-order valence-corrected chi connectivity index (χ2v) is 3.13. The van der Waals surface area contributed by atoms with E-state index < -0.39 is 0 Å². The average molecular weight is 270 g/mol. The Hall–Kier alpha value is -1.25. The van der Waals surface area contributed by atoms with Crippen LogP contribution in [0.3, 0.4) is 0 Å². The first-order chi connectivity index (χ1) is 5.77. The van der Waals surface area contributed by atoms with Crippen molar-refractivity contribution in [1.82, 2.24) is 0 Å². The summed E-state index contributed by atoms with van der Waals surface area (Å²) in [7, 11) is 0. The molecule has 0 heterocycles. The average Bonchev–Trinajstić information content (AvgIpc) is 2.09. The molecule has 0 spiro atoms. The van der Waals surface area contributed by atoms with Gasteiger partial charge in [0.2, 0.25) is 0 Å². The number of hydrogen-bond acceptors (Lipinski definition) is 2. The summed E-state index contributed by atoms with van der Waals surface area (Å²) < 4.78 is 0.782. The van der Waals surface area contributed by atoms with Gasteiger partial charge in [-0.25, -0.2) is 0 Å². The summed E-state index contributed by atoms with van der Waals surface area (Å²) in [6, 6.07) is 6.91. The van der Waals surface area contributed by atoms with E-state index in [-0.39, 0.29) is 0 Å². The lowest BCUT2D eigenvalue weighted by atomic mass is 10.2. The fourth-order valence-electron chi connectivity index (χ4n) is 0.706. The molecule has 0 aliphatic carbocycles. The maximum absolute atomic E-state index is 8.53. The molecule has 0 saturated heterocycles. The van der Waals surface area contributed by atoms with Gasteiger partial charge < -0.3 is 0 Å². The first kappa shape index (κ1) is 8.84. The lowest BCUT2D eigenvalue weighted by Crippen LogP contribution is -1.76. The Balaban J connectivity index is 3.22. The van der Waals surface area contributed by atoms with Crippen molar-refractivity contribution in [3.05, 3.63) is 37.8 Å². The Morgan fingerprint density at radius 2 is 2.33 bits per heavy atom. The van der Waals surface area contributed by atoms with E-state index in [2.05, 4.69) is 10.0 Å². The van der Waals surface area contributed by atoms with Crippen molar-refractivity contribution in [3.63, 3.8) is 0 Å². The Kier molecular flexibility index (Phi) is 2.91. The number of halogens is 1. The number of benzene rings is 1. The Bertz CT molecular complexity index is 387. The Labute approximate surface area is 82.6 Å². The summed E-state index contributed by atoms with van der Waals surface area (Å²) in [4.78, 5) is 2.66. The van der Waals surface area contributed by atoms with E-state index in [1.807, 2.05) is 28.7 Å². The molecule has 0 aromatic heterocycles. The van der Waals surface area contributed by atoms with Gasteiger partial charge in [-0.05, 0) is 40.3 Å². The predicted molar refractivity (Wildman–Crippen MR) is 52.7 cm³/mol. The van der Waals surface area contributed by atoms with Crippen LogP contribution in [-0.2, 0) is 0 Å². The largest absolute Gasteiger partial charge is 0.192 e. The number of nitrogens with zero attached hydrogens (tertiary/aromatic N) is 4. The van der Waals surface area contributed by atoms with E-state index in [4.69, 9.17) is 10.8 Å². The third kappa shape index (κ3) is 1.87. The molecule has 12 heavy (non-hydrogen) atoms. The molecule has 0 aliphatic rings. The van der Waals surface area contributed by atoms with Gasteiger partial charge in [-0.1, -0.05) is 11.2 Å². The number of nitriles is 1. The van der Waals surface area contributed by atoms with Crippen LogP contribution in [0.25, 0.3) is 10.4 Å². The van der Waals surface area contributed by atoms with Gasteiger partial charge in [-0.3, -0.25) is 0 Å². The molecule has 5 heteroatoms. The molecule has 1 aromatic carbocycles. The highest BCUT2D eigenvalue weighted by atomic mass is 127.